The largest absolute Gasteiger partial charge is 0.534 e. The molecule has 0 saturated carbocycles. The molecule has 47 heavy (non-hydrogen) atoms. The minimum atomic E-state index is -2.74. The monoisotopic (exact) mass is 634 g/mol. The molecule has 0 N–H and O–H groups in total. The Bertz CT molecular complexity index is 1840. The first-order valence-electron chi connectivity index (χ1n) is 16.6. The van der Waals surface area contributed by atoms with Crippen molar-refractivity contribution in [1.29, 1.82) is 0 Å². The second-order valence-corrected chi connectivity index (χ2v) is 17.8. The van der Waals surface area contributed by atoms with Gasteiger partial charge in [-0.05, 0) is 51.9 Å². The first-order valence-corrected chi connectivity index (χ1v) is 18.5. The summed E-state index contributed by atoms with van der Waals surface area (Å²) in [5, 5.41) is 2.47. The van der Waals surface area contributed by atoms with Gasteiger partial charge in [0.1, 0.15) is 11.4 Å². The summed E-state index contributed by atoms with van der Waals surface area (Å²) >= 11 is 0. The van der Waals surface area contributed by atoms with Gasteiger partial charge in [0.25, 0.3) is 6.01 Å². The van der Waals surface area contributed by atoms with Crippen molar-refractivity contribution in [3.05, 3.63) is 151 Å². The van der Waals surface area contributed by atoms with Crippen molar-refractivity contribution in [3.63, 3.8) is 0 Å². The van der Waals surface area contributed by atoms with E-state index in [9.17, 15) is 0 Å². The van der Waals surface area contributed by atoms with Crippen molar-refractivity contribution in [1.82, 2.24) is 4.98 Å². The number of fused-ring (bicyclic) bond motifs is 1. The topological polar surface area (TPSA) is 38.5 Å². The molecule has 0 bridgehead atoms. The molecular formula is C42H42N2O2Si. The van der Waals surface area contributed by atoms with Gasteiger partial charge < -0.3 is 13.7 Å². The SMILES string of the molecule is CN(c1nc(-c2ccccc2)c(-c2ccccc2)o1)C1CCc2c(cccc2O[Si](c2ccccc2)(c2ccccc2)C(C)(C)C)C1. The lowest BCUT2D eigenvalue weighted by Gasteiger charge is -2.44. The highest BCUT2D eigenvalue weighted by Gasteiger charge is 2.52. The van der Waals surface area contributed by atoms with E-state index in [0.717, 1.165) is 47.6 Å². The third-order valence-electron chi connectivity index (χ3n) is 9.64. The summed E-state index contributed by atoms with van der Waals surface area (Å²) in [5.41, 5.74) is 5.61. The lowest BCUT2D eigenvalue weighted by Crippen LogP contribution is -2.69. The van der Waals surface area contributed by atoms with Gasteiger partial charge in [0, 0.05) is 24.2 Å². The molecule has 0 saturated heterocycles. The third kappa shape index (κ3) is 5.81. The summed E-state index contributed by atoms with van der Waals surface area (Å²) in [6, 6.07) is 49.9. The van der Waals surface area contributed by atoms with Crippen LogP contribution in [-0.4, -0.2) is 26.4 Å². The molecule has 0 aliphatic heterocycles. The van der Waals surface area contributed by atoms with Crippen molar-refractivity contribution >= 4 is 24.7 Å². The average Bonchev–Trinajstić information content (AvgIpc) is 3.57. The molecule has 6 aromatic rings. The Hall–Kier alpha value is -4.87. The Balaban J connectivity index is 1.23. The maximum atomic E-state index is 7.53. The van der Waals surface area contributed by atoms with E-state index < -0.39 is 8.32 Å². The average molecular weight is 635 g/mol. The summed E-state index contributed by atoms with van der Waals surface area (Å²) in [7, 11) is -0.626. The highest BCUT2D eigenvalue weighted by molar-refractivity contribution is 7.00. The zero-order valence-electron chi connectivity index (χ0n) is 27.7. The highest BCUT2D eigenvalue weighted by atomic mass is 28.4. The van der Waals surface area contributed by atoms with E-state index in [4.69, 9.17) is 13.8 Å². The smallest absolute Gasteiger partial charge is 0.319 e. The van der Waals surface area contributed by atoms with E-state index in [-0.39, 0.29) is 11.1 Å². The molecule has 1 aliphatic rings. The van der Waals surface area contributed by atoms with Gasteiger partial charge in [0.15, 0.2) is 5.76 Å². The van der Waals surface area contributed by atoms with Crippen molar-refractivity contribution in [2.24, 2.45) is 0 Å². The van der Waals surface area contributed by atoms with E-state index in [2.05, 4.69) is 136 Å². The Kier molecular flexibility index (Phi) is 8.33. The number of aromatic nitrogens is 1. The predicted octanol–water partition coefficient (Wildman–Crippen LogP) is 8.94. The Morgan fingerprint density at radius 2 is 1.26 bits per heavy atom. The number of nitrogens with zero attached hydrogens (tertiary/aromatic N) is 2. The number of oxazole rings is 1. The van der Waals surface area contributed by atoms with Crippen LogP contribution in [0.15, 0.2) is 144 Å². The van der Waals surface area contributed by atoms with Crippen LogP contribution in [0.3, 0.4) is 0 Å². The standard InChI is InChI=1S/C42H42N2O2Si/c1-42(2,3)47(35-23-13-7-14-24-35,36-25-15-8-16-26-36)46-38-27-17-22-33-30-34(28-29-37(33)38)44(4)41-43-39(31-18-9-5-10-19-31)40(45-41)32-20-11-6-12-21-32/h5-27,34H,28-30H2,1-4H3. The summed E-state index contributed by atoms with van der Waals surface area (Å²) in [6.07, 6.45) is 2.80. The molecule has 236 valence electrons. The maximum absolute atomic E-state index is 7.53. The summed E-state index contributed by atoms with van der Waals surface area (Å²) in [5.74, 6) is 1.82. The van der Waals surface area contributed by atoms with Gasteiger partial charge in [-0.2, -0.15) is 4.98 Å². The lowest BCUT2D eigenvalue weighted by atomic mass is 9.87. The van der Waals surface area contributed by atoms with E-state index in [1.165, 1.54) is 21.5 Å². The second-order valence-electron chi connectivity index (χ2n) is 13.6. The van der Waals surface area contributed by atoms with Crippen molar-refractivity contribution in [2.75, 3.05) is 11.9 Å². The molecule has 1 unspecified atom stereocenters. The van der Waals surface area contributed by atoms with E-state index in [1.807, 2.05) is 36.4 Å². The fraction of sp³-hybridized carbons (Fsp3) is 0.214. The van der Waals surface area contributed by atoms with E-state index in [1.54, 1.807) is 0 Å². The van der Waals surface area contributed by atoms with Crippen LogP contribution in [0.25, 0.3) is 22.6 Å². The number of anilines is 1. The van der Waals surface area contributed by atoms with Crippen LogP contribution in [0.2, 0.25) is 5.04 Å². The van der Waals surface area contributed by atoms with Gasteiger partial charge in [0.2, 0.25) is 0 Å². The number of benzene rings is 5. The van der Waals surface area contributed by atoms with Crippen molar-refractivity contribution < 1.29 is 8.84 Å². The van der Waals surface area contributed by atoms with Crippen LogP contribution in [-0.2, 0) is 12.8 Å². The number of hydrogen-bond acceptors (Lipinski definition) is 4. The molecule has 0 radical (unpaired) electrons. The first kappa shape index (κ1) is 30.8. The molecule has 5 aromatic carbocycles. The fourth-order valence-corrected chi connectivity index (χ4v) is 11.6. The molecule has 5 heteroatoms. The molecule has 0 fully saturated rings. The molecule has 1 heterocycles. The van der Waals surface area contributed by atoms with Crippen LogP contribution in [0.5, 0.6) is 5.75 Å². The van der Waals surface area contributed by atoms with Gasteiger partial charge in [-0.25, -0.2) is 0 Å². The zero-order valence-corrected chi connectivity index (χ0v) is 28.7. The minimum absolute atomic E-state index is 0.103. The Labute approximate surface area is 279 Å². The molecule has 7 rings (SSSR count). The van der Waals surface area contributed by atoms with Gasteiger partial charge >= 0.3 is 8.32 Å². The second kappa shape index (κ2) is 12.7. The summed E-state index contributed by atoms with van der Waals surface area (Å²) < 4.78 is 14.1. The molecule has 0 spiro atoms. The summed E-state index contributed by atoms with van der Waals surface area (Å²) in [6.45, 7) is 7.01. The van der Waals surface area contributed by atoms with Crippen LogP contribution >= 0.6 is 0 Å². The third-order valence-corrected chi connectivity index (χ3v) is 14.6. The summed E-state index contributed by atoms with van der Waals surface area (Å²) in [4.78, 5) is 7.32. The number of hydrogen-bond donors (Lipinski definition) is 0. The quantitative estimate of drug-likeness (QED) is 0.157. The Morgan fingerprint density at radius 1 is 0.702 bits per heavy atom. The molecular weight excluding hydrogens is 593 g/mol. The predicted molar refractivity (Wildman–Crippen MR) is 196 cm³/mol. The molecule has 4 nitrogen and oxygen atoms in total. The molecule has 1 aliphatic carbocycles. The Morgan fingerprint density at radius 3 is 1.83 bits per heavy atom. The van der Waals surface area contributed by atoms with E-state index in [0.29, 0.717) is 6.01 Å². The minimum Gasteiger partial charge on any atom is -0.534 e. The van der Waals surface area contributed by atoms with Crippen molar-refractivity contribution in [2.45, 2.75) is 51.1 Å². The van der Waals surface area contributed by atoms with Crippen LogP contribution in [0.1, 0.15) is 38.3 Å². The number of likely N-dealkylation sites (N-methyl/N-ethyl adjacent to an activating group) is 1. The normalized spacial score (nSPS) is 14.8. The van der Waals surface area contributed by atoms with Gasteiger partial charge in [-0.15, -0.1) is 0 Å². The zero-order chi connectivity index (χ0) is 32.4. The van der Waals surface area contributed by atoms with Crippen LogP contribution in [0, 0.1) is 0 Å². The van der Waals surface area contributed by atoms with E-state index >= 15 is 0 Å². The highest BCUT2D eigenvalue weighted by Crippen LogP contribution is 2.41. The number of rotatable bonds is 8. The van der Waals surface area contributed by atoms with Crippen LogP contribution < -0.4 is 19.7 Å². The van der Waals surface area contributed by atoms with Crippen molar-refractivity contribution in [3.8, 4) is 28.3 Å². The first-order chi connectivity index (χ1) is 22.8. The van der Waals surface area contributed by atoms with Gasteiger partial charge in [0.05, 0.1) is 0 Å². The lowest BCUT2D eigenvalue weighted by molar-refractivity contribution is 0.468. The molecule has 1 aromatic heterocycles. The van der Waals surface area contributed by atoms with Gasteiger partial charge in [-0.1, -0.05) is 154 Å². The maximum Gasteiger partial charge on any atom is 0.319 e. The van der Waals surface area contributed by atoms with Crippen LogP contribution in [0.4, 0.5) is 6.01 Å². The fourth-order valence-electron chi connectivity index (χ4n) is 7.19. The molecule has 1 atom stereocenters. The molecule has 0 amide bonds. The van der Waals surface area contributed by atoms with Gasteiger partial charge in [-0.3, -0.25) is 0 Å².